The van der Waals surface area contributed by atoms with E-state index in [0.717, 1.165) is 24.2 Å². The lowest BCUT2D eigenvalue weighted by atomic mass is 10.3. The summed E-state index contributed by atoms with van der Waals surface area (Å²) in [6.07, 6.45) is 0.228. The molecular weight excluding hydrogens is 429 g/mol. The number of guanidine groups is 1. The molecule has 2 heterocycles. The molecule has 0 bridgehead atoms. The number of ether oxygens (including phenoxy) is 1. The fourth-order valence-corrected chi connectivity index (χ4v) is 3.12. The van der Waals surface area contributed by atoms with Crippen LogP contribution < -0.4 is 5.73 Å². The zero-order valence-electron chi connectivity index (χ0n) is 10.1. The summed E-state index contributed by atoms with van der Waals surface area (Å²) in [6.45, 7) is 5.05. The summed E-state index contributed by atoms with van der Waals surface area (Å²) in [5.41, 5.74) is 5.99. The lowest BCUT2D eigenvalue weighted by molar-refractivity contribution is 0.00529. The predicted octanol–water partition coefficient (Wildman–Crippen LogP) is 2.66. The molecule has 2 N–H and O–H groups in total. The van der Waals surface area contributed by atoms with Gasteiger partial charge in [-0.3, -0.25) is 0 Å². The van der Waals surface area contributed by atoms with Crippen LogP contribution in [0.4, 0.5) is 0 Å². The van der Waals surface area contributed by atoms with Crippen molar-refractivity contribution in [2.75, 3.05) is 19.7 Å². The van der Waals surface area contributed by atoms with Gasteiger partial charge in [0.1, 0.15) is 0 Å². The third-order valence-corrected chi connectivity index (χ3v) is 4.55. The van der Waals surface area contributed by atoms with Gasteiger partial charge in [-0.25, -0.2) is 4.99 Å². The highest BCUT2D eigenvalue weighted by molar-refractivity contribution is 14.0. The van der Waals surface area contributed by atoms with Crippen LogP contribution in [0.3, 0.4) is 0 Å². The average Bonchev–Trinajstić information content (AvgIpc) is 2.72. The third-order valence-electron chi connectivity index (χ3n) is 2.64. The van der Waals surface area contributed by atoms with Crippen LogP contribution in [0.15, 0.2) is 20.9 Å². The van der Waals surface area contributed by atoms with E-state index < -0.39 is 0 Å². The Morgan fingerprint density at radius 2 is 2.50 bits per heavy atom. The van der Waals surface area contributed by atoms with E-state index >= 15 is 0 Å². The Balaban J connectivity index is 0.00000162. The van der Waals surface area contributed by atoms with Gasteiger partial charge in [-0.05, 0) is 34.3 Å². The van der Waals surface area contributed by atoms with Crippen LogP contribution in [0.25, 0.3) is 0 Å². The quantitative estimate of drug-likeness (QED) is 0.432. The number of nitrogens with two attached hydrogens (primary N) is 1. The smallest absolute Gasteiger partial charge is 0.191 e. The Morgan fingerprint density at radius 1 is 1.72 bits per heavy atom. The van der Waals surface area contributed by atoms with Crippen molar-refractivity contribution in [1.82, 2.24) is 4.90 Å². The van der Waals surface area contributed by atoms with Crippen molar-refractivity contribution in [1.29, 1.82) is 0 Å². The van der Waals surface area contributed by atoms with Crippen molar-refractivity contribution in [3.05, 3.63) is 20.8 Å². The third kappa shape index (κ3) is 4.36. The minimum Gasteiger partial charge on any atom is -0.375 e. The van der Waals surface area contributed by atoms with Crippen LogP contribution in [-0.4, -0.2) is 36.7 Å². The van der Waals surface area contributed by atoms with E-state index in [-0.39, 0.29) is 30.1 Å². The molecule has 0 radical (unpaired) electrons. The molecular formula is C11H17BrIN3OS. The van der Waals surface area contributed by atoms with Gasteiger partial charge in [-0.1, -0.05) is 0 Å². The standard InChI is InChI=1S/C11H16BrN3OS.HI/c1-8-7-15(3-4-16-8)11(13)14-6-10-9(12)2-5-17-10;/h2,5,8H,3-4,6-7H2,1H3,(H2,13,14);1H. The van der Waals surface area contributed by atoms with E-state index in [9.17, 15) is 0 Å². The van der Waals surface area contributed by atoms with Crippen molar-refractivity contribution >= 4 is 57.2 Å². The molecule has 1 aromatic heterocycles. The SMILES string of the molecule is CC1CN(C(N)=NCc2sccc2Br)CCO1.I. The first-order valence-electron chi connectivity index (χ1n) is 5.55. The van der Waals surface area contributed by atoms with Gasteiger partial charge in [0, 0.05) is 22.4 Å². The van der Waals surface area contributed by atoms with E-state index in [2.05, 4.69) is 32.7 Å². The summed E-state index contributed by atoms with van der Waals surface area (Å²) >= 11 is 5.17. The zero-order chi connectivity index (χ0) is 12.3. The number of thiophene rings is 1. The second-order valence-corrected chi connectivity index (χ2v) is 5.85. The Labute approximate surface area is 137 Å². The van der Waals surface area contributed by atoms with Crippen molar-refractivity contribution < 1.29 is 4.74 Å². The van der Waals surface area contributed by atoms with E-state index in [1.54, 1.807) is 11.3 Å². The first kappa shape index (κ1) is 16.2. The molecule has 2 rings (SSSR count). The molecule has 0 amide bonds. The summed E-state index contributed by atoms with van der Waals surface area (Å²) in [5, 5.41) is 2.04. The van der Waals surface area contributed by atoms with Crippen molar-refractivity contribution in [3.63, 3.8) is 0 Å². The van der Waals surface area contributed by atoms with Crippen LogP contribution in [0, 0.1) is 0 Å². The van der Waals surface area contributed by atoms with Crippen molar-refractivity contribution in [3.8, 4) is 0 Å². The van der Waals surface area contributed by atoms with Crippen LogP contribution in [0.2, 0.25) is 0 Å². The monoisotopic (exact) mass is 445 g/mol. The molecule has 0 aromatic carbocycles. The lowest BCUT2D eigenvalue weighted by Gasteiger charge is -2.31. The molecule has 7 heteroatoms. The Hall–Kier alpha value is 0.140. The number of hydrogen-bond acceptors (Lipinski definition) is 3. The number of nitrogens with zero attached hydrogens (tertiary/aromatic N) is 2. The van der Waals surface area contributed by atoms with Crippen LogP contribution in [-0.2, 0) is 11.3 Å². The van der Waals surface area contributed by atoms with Gasteiger partial charge in [0.15, 0.2) is 5.96 Å². The van der Waals surface area contributed by atoms with Crippen LogP contribution in [0.5, 0.6) is 0 Å². The van der Waals surface area contributed by atoms with E-state index in [1.807, 2.05) is 11.4 Å². The van der Waals surface area contributed by atoms with Gasteiger partial charge in [-0.2, -0.15) is 0 Å². The Morgan fingerprint density at radius 3 is 3.11 bits per heavy atom. The minimum absolute atomic E-state index is 0. The fraction of sp³-hybridized carbons (Fsp3) is 0.545. The highest BCUT2D eigenvalue weighted by Crippen LogP contribution is 2.23. The largest absolute Gasteiger partial charge is 0.375 e. The molecule has 1 aromatic rings. The first-order valence-corrected chi connectivity index (χ1v) is 7.22. The maximum Gasteiger partial charge on any atom is 0.191 e. The molecule has 1 unspecified atom stereocenters. The maximum absolute atomic E-state index is 5.99. The number of aliphatic imine (C=N–C) groups is 1. The average molecular weight is 446 g/mol. The van der Waals surface area contributed by atoms with Gasteiger partial charge in [0.05, 0.1) is 19.3 Å². The second-order valence-electron chi connectivity index (χ2n) is 3.99. The van der Waals surface area contributed by atoms with Gasteiger partial charge >= 0.3 is 0 Å². The summed E-state index contributed by atoms with van der Waals surface area (Å²) in [5.74, 6) is 0.612. The number of rotatable bonds is 2. The maximum atomic E-state index is 5.99. The highest BCUT2D eigenvalue weighted by Gasteiger charge is 2.17. The van der Waals surface area contributed by atoms with E-state index in [4.69, 9.17) is 10.5 Å². The first-order chi connectivity index (χ1) is 8.16. The molecule has 1 atom stereocenters. The molecule has 18 heavy (non-hydrogen) atoms. The fourth-order valence-electron chi connectivity index (χ4n) is 1.72. The summed E-state index contributed by atoms with van der Waals surface area (Å²) in [7, 11) is 0. The summed E-state index contributed by atoms with van der Waals surface area (Å²) in [4.78, 5) is 7.71. The minimum atomic E-state index is 0. The van der Waals surface area contributed by atoms with Crippen molar-refractivity contribution in [2.24, 2.45) is 10.7 Å². The number of hydrogen-bond donors (Lipinski definition) is 1. The lowest BCUT2D eigenvalue weighted by Crippen LogP contribution is -2.47. The van der Waals surface area contributed by atoms with Crippen LogP contribution >= 0.6 is 51.2 Å². The molecule has 1 saturated heterocycles. The summed E-state index contributed by atoms with van der Waals surface area (Å²) in [6, 6.07) is 2.03. The predicted molar refractivity (Wildman–Crippen MR) is 89.7 cm³/mol. The van der Waals surface area contributed by atoms with Crippen molar-refractivity contribution in [2.45, 2.75) is 19.6 Å². The van der Waals surface area contributed by atoms with Gasteiger partial charge in [-0.15, -0.1) is 35.3 Å². The molecule has 4 nitrogen and oxygen atoms in total. The topological polar surface area (TPSA) is 50.8 Å². The highest BCUT2D eigenvalue weighted by atomic mass is 127. The van der Waals surface area contributed by atoms with Gasteiger partial charge in [0.25, 0.3) is 0 Å². The van der Waals surface area contributed by atoms with Gasteiger partial charge < -0.3 is 15.4 Å². The molecule has 1 fully saturated rings. The van der Waals surface area contributed by atoms with Crippen LogP contribution in [0.1, 0.15) is 11.8 Å². The number of halogens is 2. The van der Waals surface area contributed by atoms with Gasteiger partial charge in [0.2, 0.25) is 0 Å². The molecule has 1 aliphatic heterocycles. The Kier molecular flexibility index (Phi) is 6.89. The zero-order valence-corrected chi connectivity index (χ0v) is 14.9. The molecule has 0 spiro atoms. The second kappa shape index (κ2) is 7.66. The summed E-state index contributed by atoms with van der Waals surface area (Å²) < 4.78 is 6.58. The Bertz CT molecular complexity index is 413. The normalized spacial score (nSPS) is 20.7. The number of morpholine rings is 1. The molecule has 102 valence electrons. The van der Waals surface area contributed by atoms with E-state index in [0.29, 0.717) is 12.5 Å². The molecule has 1 aliphatic rings. The van der Waals surface area contributed by atoms with E-state index in [1.165, 1.54) is 4.88 Å². The molecule has 0 saturated carbocycles. The molecule has 0 aliphatic carbocycles.